The van der Waals surface area contributed by atoms with E-state index in [1.807, 2.05) is 13.0 Å². The van der Waals surface area contributed by atoms with Gasteiger partial charge in [0.05, 0.1) is 12.2 Å². The smallest absolute Gasteiger partial charge is 0.321 e. The van der Waals surface area contributed by atoms with E-state index in [0.29, 0.717) is 12.2 Å². The van der Waals surface area contributed by atoms with Crippen molar-refractivity contribution >= 4 is 5.95 Å². The molecular weight excluding hydrogens is 247 g/mol. The second-order valence-corrected chi connectivity index (χ2v) is 4.17. The Bertz CT molecular complexity index is 593. The van der Waals surface area contributed by atoms with E-state index < -0.39 is 0 Å². The number of nitrogens with two attached hydrogens (primary N) is 1. The standard InChI is InChI=1S/C13H15FN4O/c1-4-19-13-17-11(16-12(15)18-13)10-8(3)5-7(2)6-9(10)14/h5-6H,4H2,1-3H3,(H2,15,16,17,18). The van der Waals surface area contributed by atoms with Crippen LogP contribution in [0.1, 0.15) is 18.1 Å². The molecule has 2 N–H and O–H groups in total. The molecule has 100 valence electrons. The van der Waals surface area contributed by atoms with Crippen molar-refractivity contribution in [2.24, 2.45) is 0 Å². The van der Waals surface area contributed by atoms with Crippen LogP contribution in [0.5, 0.6) is 6.01 Å². The predicted molar refractivity (Wildman–Crippen MR) is 70.3 cm³/mol. The molecule has 2 rings (SSSR count). The molecule has 1 heterocycles. The molecule has 0 bridgehead atoms. The fraction of sp³-hybridized carbons (Fsp3) is 0.308. The molecule has 0 aliphatic rings. The number of hydrogen-bond acceptors (Lipinski definition) is 5. The highest BCUT2D eigenvalue weighted by Gasteiger charge is 2.15. The van der Waals surface area contributed by atoms with Crippen molar-refractivity contribution < 1.29 is 9.13 Å². The zero-order valence-electron chi connectivity index (χ0n) is 11.1. The molecule has 0 saturated carbocycles. The Labute approximate surface area is 110 Å². The first-order chi connectivity index (χ1) is 9.01. The van der Waals surface area contributed by atoms with E-state index >= 15 is 0 Å². The number of benzene rings is 1. The van der Waals surface area contributed by atoms with Crippen LogP contribution >= 0.6 is 0 Å². The van der Waals surface area contributed by atoms with Crippen LogP contribution in [0, 0.1) is 19.7 Å². The first kappa shape index (κ1) is 13.2. The van der Waals surface area contributed by atoms with Crippen LogP contribution in [0.4, 0.5) is 10.3 Å². The van der Waals surface area contributed by atoms with Crippen molar-refractivity contribution in [1.82, 2.24) is 15.0 Å². The zero-order chi connectivity index (χ0) is 14.0. The summed E-state index contributed by atoms with van der Waals surface area (Å²) in [7, 11) is 0. The van der Waals surface area contributed by atoms with Gasteiger partial charge in [0.1, 0.15) is 5.82 Å². The summed E-state index contributed by atoms with van der Waals surface area (Å²) < 4.78 is 19.3. The summed E-state index contributed by atoms with van der Waals surface area (Å²) in [5.41, 5.74) is 7.49. The molecule has 0 fully saturated rings. The maximum absolute atomic E-state index is 14.1. The van der Waals surface area contributed by atoms with E-state index in [1.165, 1.54) is 6.07 Å². The summed E-state index contributed by atoms with van der Waals surface area (Å²) >= 11 is 0. The van der Waals surface area contributed by atoms with Gasteiger partial charge in [-0.1, -0.05) is 6.07 Å². The van der Waals surface area contributed by atoms with Crippen LogP contribution in [0.3, 0.4) is 0 Å². The molecule has 0 saturated heterocycles. The maximum Gasteiger partial charge on any atom is 0.321 e. The average Bonchev–Trinajstić information content (AvgIpc) is 2.26. The molecule has 19 heavy (non-hydrogen) atoms. The Morgan fingerprint density at radius 3 is 2.58 bits per heavy atom. The Morgan fingerprint density at radius 1 is 1.21 bits per heavy atom. The minimum absolute atomic E-state index is 0.00725. The van der Waals surface area contributed by atoms with Gasteiger partial charge < -0.3 is 10.5 Å². The van der Waals surface area contributed by atoms with Gasteiger partial charge in [-0.2, -0.15) is 15.0 Å². The number of aromatic nitrogens is 3. The molecule has 0 aliphatic heterocycles. The summed E-state index contributed by atoms with van der Waals surface area (Å²) in [5, 5.41) is 0. The highest BCUT2D eigenvalue weighted by atomic mass is 19.1. The van der Waals surface area contributed by atoms with Crippen LogP contribution in [0.15, 0.2) is 12.1 Å². The lowest BCUT2D eigenvalue weighted by atomic mass is 10.0. The highest BCUT2D eigenvalue weighted by molar-refractivity contribution is 5.62. The zero-order valence-corrected chi connectivity index (χ0v) is 11.1. The van der Waals surface area contributed by atoms with Crippen molar-refractivity contribution in [2.45, 2.75) is 20.8 Å². The fourth-order valence-electron chi connectivity index (χ4n) is 1.88. The molecular formula is C13H15FN4O. The third kappa shape index (κ3) is 2.78. The van der Waals surface area contributed by atoms with Gasteiger partial charge in [-0.25, -0.2) is 4.39 Å². The molecule has 0 radical (unpaired) electrons. The van der Waals surface area contributed by atoms with Crippen molar-refractivity contribution in [3.05, 3.63) is 29.1 Å². The Balaban J connectivity index is 2.58. The summed E-state index contributed by atoms with van der Waals surface area (Å²) in [6, 6.07) is 3.39. The summed E-state index contributed by atoms with van der Waals surface area (Å²) in [6.07, 6.45) is 0. The highest BCUT2D eigenvalue weighted by Crippen LogP contribution is 2.26. The normalized spacial score (nSPS) is 10.5. The van der Waals surface area contributed by atoms with E-state index in [0.717, 1.165) is 11.1 Å². The second kappa shape index (κ2) is 5.17. The molecule has 2 aromatic rings. The molecule has 0 unspecified atom stereocenters. The van der Waals surface area contributed by atoms with E-state index in [-0.39, 0.29) is 23.6 Å². The number of halogens is 1. The fourth-order valence-corrected chi connectivity index (χ4v) is 1.88. The van der Waals surface area contributed by atoms with Gasteiger partial charge in [-0.05, 0) is 38.0 Å². The second-order valence-electron chi connectivity index (χ2n) is 4.17. The van der Waals surface area contributed by atoms with E-state index in [9.17, 15) is 4.39 Å². The van der Waals surface area contributed by atoms with Gasteiger partial charge in [0.15, 0.2) is 5.82 Å². The van der Waals surface area contributed by atoms with E-state index in [4.69, 9.17) is 10.5 Å². The van der Waals surface area contributed by atoms with Crippen LogP contribution in [-0.4, -0.2) is 21.6 Å². The van der Waals surface area contributed by atoms with Gasteiger partial charge in [0.25, 0.3) is 0 Å². The number of nitrogen functional groups attached to an aromatic ring is 1. The third-order valence-electron chi connectivity index (χ3n) is 2.56. The Morgan fingerprint density at radius 2 is 1.95 bits per heavy atom. The topological polar surface area (TPSA) is 73.9 Å². The Hall–Kier alpha value is -2.24. The summed E-state index contributed by atoms with van der Waals surface area (Å²) in [5.74, 6) is -0.190. The molecule has 0 spiro atoms. The first-order valence-corrected chi connectivity index (χ1v) is 5.92. The molecule has 5 nitrogen and oxygen atoms in total. The molecule has 0 aliphatic carbocycles. The van der Waals surface area contributed by atoms with E-state index in [1.54, 1.807) is 13.8 Å². The van der Waals surface area contributed by atoms with Crippen LogP contribution in [-0.2, 0) is 0 Å². The van der Waals surface area contributed by atoms with Gasteiger partial charge in [-0.3, -0.25) is 0 Å². The lowest BCUT2D eigenvalue weighted by molar-refractivity contribution is 0.312. The predicted octanol–water partition coefficient (Wildman–Crippen LogP) is 2.28. The number of anilines is 1. The van der Waals surface area contributed by atoms with Gasteiger partial charge in [0.2, 0.25) is 5.95 Å². The molecule has 0 amide bonds. The van der Waals surface area contributed by atoms with E-state index in [2.05, 4.69) is 15.0 Å². The van der Waals surface area contributed by atoms with Crippen LogP contribution < -0.4 is 10.5 Å². The van der Waals surface area contributed by atoms with Crippen LogP contribution in [0.2, 0.25) is 0 Å². The summed E-state index contributed by atoms with van der Waals surface area (Å²) in [4.78, 5) is 11.9. The number of rotatable bonds is 3. The lowest BCUT2D eigenvalue weighted by Gasteiger charge is -2.09. The van der Waals surface area contributed by atoms with Gasteiger partial charge >= 0.3 is 6.01 Å². The lowest BCUT2D eigenvalue weighted by Crippen LogP contribution is -2.06. The summed E-state index contributed by atoms with van der Waals surface area (Å²) in [6.45, 7) is 5.83. The minimum Gasteiger partial charge on any atom is -0.464 e. The van der Waals surface area contributed by atoms with Crippen molar-refractivity contribution in [2.75, 3.05) is 12.3 Å². The molecule has 1 aromatic heterocycles. The van der Waals surface area contributed by atoms with Crippen molar-refractivity contribution in [3.8, 4) is 17.4 Å². The first-order valence-electron chi connectivity index (χ1n) is 5.92. The minimum atomic E-state index is -0.384. The Kier molecular flexibility index (Phi) is 3.59. The average molecular weight is 262 g/mol. The monoisotopic (exact) mass is 262 g/mol. The largest absolute Gasteiger partial charge is 0.464 e. The number of hydrogen-bond donors (Lipinski definition) is 1. The van der Waals surface area contributed by atoms with Gasteiger partial charge in [0, 0.05) is 0 Å². The molecule has 6 heteroatoms. The van der Waals surface area contributed by atoms with Crippen molar-refractivity contribution in [3.63, 3.8) is 0 Å². The molecule has 1 aromatic carbocycles. The quantitative estimate of drug-likeness (QED) is 0.918. The molecule has 0 atom stereocenters. The number of nitrogens with zero attached hydrogens (tertiary/aromatic N) is 3. The van der Waals surface area contributed by atoms with Crippen LogP contribution in [0.25, 0.3) is 11.4 Å². The maximum atomic E-state index is 14.1. The van der Waals surface area contributed by atoms with Crippen molar-refractivity contribution in [1.29, 1.82) is 0 Å². The SMILES string of the molecule is CCOc1nc(N)nc(-c2c(C)cc(C)cc2F)n1. The number of ether oxygens (including phenoxy) is 1. The number of aryl methyl sites for hydroxylation is 2. The third-order valence-corrected chi connectivity index (χ3v) is 2.56. The van der Waals surface area contributed by atoms with Gasteiger partial charge in [-0.15, -0.1) is 0 Å².